The van der Waals surface area contributed by atoms with Crippen molar-refractivity contribution in [2.45, 2.75) is 6.92 Å². The highest BCUT2D eigenvalue weighted by molar-refractivity contribution is 6.44. The molecule has 0 saturated heterocycles. The van der Waals surface area contributed by atoms with Gasteiger partial charge < -0.3 is 15.4 Å². The van der Waals surface area contributed by atoms with Crippen molar-refractivity contribution in [2.24, 2.45) is 0 Å². The third-order valence-electron chi connectivity index (χ3n) is 3.67. The highest BCUT2D eigenvalue weighted by Crippen LogP contribution is 2.23. The molecule has 0 bridgehead atoms. The lowest BCUT2D eigenvalue weighted by atomic mass is 10.1. The number of ether oxygens (including phenoxy) is 1. The smallest absolute Gasteiger partial charge is 0.314 e. The average molecular weight is 334 g/mol. The topological polar surface area (TPSA) is 67.4 Å². The fourth-order valence-electron chi connectivity index (χ4n) is 2.50. The van der Waals surface area contributed by atoms with Crippen LogP contribution in [0.25, 0.3) is 10.8 Å². The molecule has 0 fully saturated rings. The van der Waals surface area contributed by atoms with Crippen molar-refractivity contribution in [3.8, 4) is 5.75 Å². The van der Waals surface area contributed by atoms with Gasteiger partial charge in [-0.15, -0.1) is 0 Å². The maximum Gasteiger partial charge on any atom is 0.314 e. The number of carbonyl (C=O) groups is 2. The van der Waals surface area contributed by atoms with Gasteiger partial charge in [0, 0.05) is 16.8 Å². The summed E-state index contributed by atoms with van der Waals surface area (Å²) in [6.07, 6.45) is 0. The van der Waals surface area contributed by atoms with Gasteiger partial charge in [-0.1, -0.05) is 36.4 Å². The van der Waals surface area contributed by atoms with Crippen LogP contribution in [-0.2, 0) is 9.59 Å². The van der Waals surface area contributed by atoms with Gasteiger partial charge in [-0.3, -0.25) is 9.59 Å². The van der Waals surface area contributed by atoms with Gasteiger partial charge in [0.15, 0.2) is 0 Å². The molecule has 0 aliphatic carbocycles. The Balaban J connectivity index is 1.69. The summed E-state index contributed by atoms with van der Waals surface area (Å²) in [7, 11) is 0. The molecule has 0 radical (unpaired) electrons. The van der Waals surface area contributed by atoms with E-state index in [0.29, 0.717) is 23.7 Å². The number of hydrogen-bond acceptors (Lipinski definition) is 3. The third kappa shape index (κ3) is 3.95. The largest absolute Gasteiger partial charge is 0.494 e. The fourth-order valence-corrected chi connectivity index (χ4v) is 2.50. The molecule has 3 aromatic carbocycles. The number of hydrogen-bond donors (Lipinski definition) is 2. The molecule has 0 aliphatic heterocycles. The summed E-state index contributed by atoms with van der Waals surface area (Å²) in [4.78, 5) is 24.3. The summed E-state index contributed by atoms with van der Waals surface area (Å²) in [6.45, 7) is 2.46. The molecule has 2 amide bonds. The zero-order valence-electron chi connectivity index (χ0n) is 13.8. The van der Waals surface area contributed by atoms with Gasteiger partial charge in [0.25, 0.3) is 0 Å². The van der Waals surface area contributed by atoms with Crippen LogP contribution in [0.3, 0.4) is 0 Å². The van der Waals surface area contributed by atoms with Crippen molar-refractivity contribution < 1.29 is 14.3 Å². The average Bonchev–Trinajstić information content (AvgIpc) is 2.64. The Morgan fingerprint density at radius 2 is 1.52 bits per heavy atom. The summed E-state index contributed by atoms with van der Waals surface area (Å²) in [5, 5.41) is 7.11. The molecule has 0 unspecified atom stereocenters. The van der Waals surface area contributed by atoms with E-state index in [-0.39, 0.29) is 0 Å². The van der Waals surface area contributed by atoms with Gasteiger partial charge in [-0.25, -0.2) is 0 Å². The van der Waals surface area contributed by atoms with Gasteiger partial charge in [0.1, 0.15) is 5.75 Å². The highest BCUT2D eigenvalue weighted by Gasteiger charge is 2.15. The molecule has 0 atom stereocenters. The van der Waals surface area contributed by atoms with Gasteiger partial charge in [0.05, 0.1) is 6.61 Å². The van der Waals surface area contributed by atoms with Crippen molar-refractivity contribution in [3.05, 3.63) is 66.7 Å². The molecule has 0 saturated carbocycles. The van der Waals surface area contributed by atoms with Gasteiger partial charge in [-0.2, -0.15) is 0 Å². The molecule has 0 aromatic heterocycles. The van der Waals surface area contributed by atoms with Crippen LogP contribution in [0.4, 0.5) is 11.4 Å². The second-order valence-corrected chi connectivity index (χ2v) is 5.39. The molecule has 25 heavy (non-hydrogen) atoms. The molecule has 2 N–H and O–H groups in total. The van der Waals surface area contributed by atoms with Crippen LogP contribution in [0.2, 0.25) is 0 Å². The molecule has 5 heteroatoms. The number of nitrogens with one attached hydrogen (secondary N) is 2. The lowest BCUT2D eigenvalue weighted by Crippen LogP contribution is -2.29. The van der Waals surface area contributed by atoms with Crippen molar-refractivity contribution in [1.29, 1.82) is 0 Å². The number of anilines is 2. The maximum absolute atomic E-state index is 12.2. The first-order chi connectivity index (χ1) is 12.2. The summed E-state index contributed by atoms with van der Waals surface area (Å²) in [5.41, 5.74) is 1.13. The predicted molar refractivity (Wildman–Crippen MR) is 98.8 cm³/mol. The number of benzene rings is 3. The molecule has 0 heterocycles. The summed E-state index contributed by atoms with van der Waals surface area (Å²) < 4.78 is 5.34. The van der Waals surface area contributed by atoms with E-state index < -0.39 is 11.8 Å². The first-order valence-corrected chi connectivity index (χ1v) is 8.00. The minimum absolute atomic E-state index is 0.529. The van der Waals surface area contributed by atoms with E-state index in [1.165, 1.54) is 0 Å². The van der Waals surface area contributed by atoms with E-state index >= 15 is 0 Å². The SMILES string of the molecule is CCOc1ccc(NC(=O)C(=O)Nc2cccc3ccccc23)cc1. The van der Waals surface area contributed by atoms with E-state index in [1.54, 1.807) is 30.3 Å². The molecule has 0 spiro atoms. The molecule has 5 nitrogen and oxygen atoms in total. The quantitative estimate of drug-likeness (QED) is 0.713. The van der Waals surface area contributed by atoms with Crippen LogP contribution in [0, 0.1) is 0 Å². The van der Waals surface area contributed by atoms with Gasteiger partial charge in [-0.05, 0) is 42.6 Å². The molecular weight excluding hydrogens is 316 g/mol. The second-order valence-electron chi connectivity index (χ2n) is 5.39. The Bertz CT molecular complexity index is 899. The van der Waals surface area contributed by atoms with E-state index in [1.807, 2.05) is 43.3 Å². The minimum Gasteiger partial charge on any atom is -0.494 e. The minimum atomic E-state index is -0.725. The van der Waals surface area contributed by atoms with Crippen LogP contribution in [0.5, 0.6) is 5.75 Å². The van der Waals surface area contributed by atoms with Crippen LogP contribution < -0.4 is 15.4 Å². The van der Waals surface area contributed by atoms with Crippen molar-refractivity contribution in [1.82, 2.24) is 0 Å². The van der Waals surface area contributed by atoms with Crippen LogP contribution in [-0.4, -0.2) is 18.4 Å². The Kier molecular flexibility index (Phi) is 4.95. The van der Waals surface area contributed by atoms with Crippen molar-refractivity contribution in [2.75, 3.05) is 17.2 Å². The molecule has 126 valence electrons. The van der Waals surface area contributed by atoms with Crippen LogP contribution >= 0.6 is 0 Å². The van der Waals surface area contributed by atoms with Crippen molar-refractivity contribution >= 4 is 34.0 Å². The fraction of sp³-hybridized carbons (Fsp3) is 0.100. The van der Waals surface area contributed by atoms with Crippen LogP contribution in [0.15, 0.2) is 66.7 Å². The number of rotatable bonds is 4. The molecule has 0 aliphatic rings. The normalized spacial score (nSPS) is 10.3. The standard InChI is InChI=1S/C20H18N2O3/c1-2-25-16-12-10-15(11-13-16)21-19(23)20(24)22-18-9-5-7-14-6-3-4-8-17(14)18/h3-13H,2H2,1H3,(H,21,23)(H,22,24). The Morgan fingerprint density at radius 1 is 0.840 bits per heavy atom. The van der Waals surface area contributed by atoms with E-state index in [4.69, 9.17) is 4.74 Å². The highest BCUT2D eigenvalue weighted by atomic mass is 16.5. The van der Waals surface area contributed by atoms with Crippen LogP contribution in [0.1, 0.15) is 6.92 Å². The van der Waals surface area contributed by atoms with E-state index in [2.05, 4.69) is 10.6 Å². The maximum atomic E-state index is 12.2. The number of carbonyl (C=O) groups excluding carboxylic acids is 2. The molecule has 3 rings (SSSR count). The van der Waals surface area contributed by atoms with Gasteiger partial charge >= 0.3 is 11.8 Å². The number of amides is 2. The van der Waals surface area contributed by atoms with E-state index in [0.717, 1.165) is 10.8 Å². The predicted octanol–water partition coefficient (Wildman–Crippen LogP) is 3.82. The Morgan fingerprint density at radius 3 is 2.28 bits per heavy atom. The summed E-state index contributed by atoms with van der Waals surface area (Å²) in [5.74, 6) is -0.733. The monoisotopic (exact) mass is 334 g/mol. The number of fused-ring (bicyclic) bond motifs is 1. The third-order valence-corrected chi connectivity index (χ3v) is 3.67. The van der Waals surface area contributed by atoms with E-state index in [9.17, 15) is 9.59 Å². The second kappa shape index (κ2) is 7.49. The summed E-state index contributed by atoms with van der Waals surface area (Å²) >= 11 is 0. The van der Waals surface area contributed by atoms with Gasteiger partial charge in [0.2, 0.25) is 0 Å². The summed E-state index contributed by atoms with van der Waals surface area (Å²) in [6, 6.07) is 20.1. The lowest BCUT2D eigenvalue weighted by Gasteiger charge is -2.09. The first-order valence-electron chi connectivity index (χ1n) is 8.00. The molecular formula is C20H18N2O3. The first kappa shape index (κ1) is 16.5. The van der Waals surface area contributed by atoms with Crippen molar-refractivity contribution in [3.63, 3.8) is 0 Å². The Hall–Kier alpha value is -3.34. The lowest BCUT2D eigenvalue weighted by molar-refractivity contribution is -0.132. The zero-order chi connectivity index (χ0) is 17.6. The zero-order valence-corrected chi connectivity index (χ0v) is 13.8. The molecule has 3 aromatic rings. The Labute approximate surface area is 145 Å².